The third kappa shape index (κ3) is 2.42. The zero-order valence-electron chi connectivity index (χ0n) is 11.9. The molecule has 1 aliphatic heterocycles. The van der Waals surface area contributed by atoms with Crippen molar-refractivity contribution in [2.45, 2.75) is 76.2 Å². The Kier molecular flexibility index (Phi) is 3.87. The van der Waals surface area contributed by atoms with E-state index in [0.29, 0.717) is 0 Å². The van der Waals surface area contributed by atoms with Crippen LogP contribution in [0.15, 0.2) is 0 Å². The van der Waals surface area contributed by atoms with Crippen molar-refractivity contribution in [2.75, 3.05) is 6.54 Å². The molecular formula is C15H26N4. The first-order valence-corrected chi connectivity index (χ1v) is 7.98. The predicted octanol–water partition coefficient (Wildman–Crippen LogP) is 2.56. The highest BCUT2D eigenvalue weighted by molar-refractivity contribution is 5.13. The van der Waals surface area contributed by atoms with Crippen LogP contribution in [0.25, 0.3) is 0 Å². The molecule has 2 N–H and O–H groups in total. The summed E-state index contributed by atoms with van der Waals surface area (Å²) in [6.45, 7) is 1.82. The molecule has 0 bridgehead atoms. The number of aromatic nitrogens is 3. The van der Waals surface area contributed by atoms with Gasteiger partial charge in [0.1, 0.15) is 11.6 Å². The van der Waals surface area contributed by atoms with Gasteiger partial charge in [0, 0.05) is 24.9 Å². The molecule has 0 saturated heterocycles. The molecular weight excluding hydrogens is 236 g/mol. The highest BCUT2D eigenvalue weighted by Gasteiger charge is 2.37. The Balaban J connectivity index is 1.96. The minimum atomic E-state index is 0.103. The number of fused-ring (bicyclic) bond motifs is 1. The zero-order chi connectivity index (χ0) is 13.1. The van der Waals surface area contributed by atoms with Crippen molar-refractivity contribution >= 4 is 0 Å². The summed E-state index contributed by atoms with van der Waals surface area (Å²) in [7, 11) is 0. The molecule has 0 spiro atoms. The number of nitrogens with zero attached hydrogens (tertiary/aromatic N) is 3. The van der Waals surface area contributed by atoms with E-state index in [2.05, 4.69) is 14.8 Å². The van der Waals surface area contributed by atoms with Gasteiger partial charge >= 0.3 is 0 Å². The second kappa shape index (κ2) is 5.61. The Morgan fingerprint density at radius 2 is 1.68 bits per heavy atom. The first-order valence-electron chi connectivity index (χ1n) is 7.98. The maximum atomic E-state index is 6.19. The molecule has 1 saturated carbocycles. The third-order valence-electron chi connectivity index (χ3n) is 5.04. The summed E-state index contributed by atoms with van der Waals surface area (Å²) < 4.78 is 2.41. The van der Waals surface area contributed by atoms with Gasteiger partial charge in [0.15, 0.2) is 0 Å². The first kappa shape index (κ1) is 13.1. The molecule has 3 rings (SSSR count). The van der Waals surface area contributed by atoms with Crippen LogP contribution in [0.5, 0.6) is 0 Å². The summed E-state index contributed by atoms with van der Waals surface area (Å²) in [5.74, 6) is 2.40. The van der Waals surface area contributed by atoms with E-state index in [1.54, 1.807) is 0 Å². The topological polar surface area (TPSA) is 56.7 Å². The molecule has 0 atom stereocenters. The molecule has 1 fully saturated rings. The van der Waals surface area contributed by atoms with E-state index in [1.807, 2.05) is 0 Å². The second-order valence-corrected chi connectivity index (χ2v) is 6.30. The smallest absolute Gasteiger partial charge is 0.140 e. The van der Waals surface area contributed by atoms with Gasteiger partial charge in [-0.05, 0) is 25.7 Å². The van der Waals surface area contributed by atoms with E-state index >= 15 is 0 Å². The van der Waals surface area contributed by atoms with E-state index in [-0.39, 0.29) is 5.41 Å². The van der Waals surface area contributed by atoms with Crippen molar-refractivity contribution in [3.63, 3.8) is 0 Å². The van der Waals surface area contributed by atoms with Gasteiger partial charge in [0.25, 0.3) is 0 Å². The molecule has 106 valence electrons. The van der Waals surface area contributed by atoms with Gasteiger partial charge in [0.05, 0.1) is 0 Å². The zero-order valence-corrected chi connectivity index (χ0v) is 11.9. The lowest BCUT2D eigenvalue weighted by Gasteiger charge is -2.30. The Labute approximate surface area is 115 Å². The van der Waals surface area contributed by atoms with Crippen LogP contribution in [-0.4, -0.2) is 21.3 Å². The fourth-order valence-electron chi connectivity index (χ4n) is 3.80. The fourth-order valence-corrected chi connectivity index (χ4v) is 3.80. The summed E-state index contributed by atoms with van der Waals surface area (Å²) in [5, 5.41) is 9.05. The van der Waals surface area contributed by atoms with Crippen LogP contribution in [0, 0.1) is 0 Å². The lowest BCUT2D eigenvalue weighted by Crippen LogP contribution is -2.37. The largest absolute Gasteiger partial charge is 0.329 e. The minimum Gasteiger partial charge on any atom is -0.329 e. The lowest BCUT2D eigenvalue weighted by molar-refractivity contribution is 0.341. The van der Waals surface area contributed by atoms with Gasteiger partial charge in [-0.2, -0.15) is 0 Å². The van der Waals surface area contributed by atoms with Crippen LogP contribution in [-0.2, 0) is 18.4 Å². The van der Waals surface area contributed by atoms with Crippen molar-refractivity contribution in [1.82, 2.24) is 14.8 Å². The first-order chi connectivity index (χ1) is 9.36. The molecule has 0 unspecified atom stereocenters. The molecule has 1 aromatic heterocycles. The van der Waals surface area contributed by atoms with Gasteiger partial charge in [-0.25, -0.2) is 0 Å². The van der Waals surface area contributed by atoms with Gasteiger partial charge in [-0.15, -0.1) is 10.2 Å². The number of rotatable bonds is 2. The van der Waals surface area contributed by atoms with Gasteiger partial charge in [-0.3, -0.25) is 0 Å². The lowest BCUT2D eigenvalue weighted by atomic mass is 9.79. The molecule has 0 radical (unpaired) electrons. The number of nitrogens with two attached hydrogens (primary N) is 1. The monoisotopic (exact) mass is 262 g/mol. The summed E-state index contributed by atoms with van der Waals surface area (Å²) in [6.07, 6.45) is 12.6. The van der Waals surface area contributed by atoms with Gasteiger partial charge < -0.3 is 10.3 Å². The molecule has 4 heteroatoms. The quantitative estimate of drug-likeness (QED) is 0.833. The average Bonchev–Trinajstić information content (AvgIpc) is 2.65. The van der Waals surface area contributed by atoms with Crippen molar-refractivity contribution in [3.8, 4) is 0 Å². The predicted molar refractivity (Wildman–Crippen MR) is 76.0 cm³/mol. The number of aryl methyl sites for hydroxylation is 1. The van der Waals surface area contributed by atoms with Crippen molar-refractivity contribution in [1.29, 1.82) is 0 Å². The normalized spacial score (nSPS) is 23.4. The van der Waals surface area contributed by atoms with Crippen LogP contribution < -0.4 is 5.73 Å². The Morgan fingerprint density at radius 1 is 0.947 bits per heavy atom. The molecule has 0 aromatic carbocycles. The molecule has 2 aliphatic rings. The minimum absolute atomic E-state index is 0.103. The van der Waals surface area contributed by atoms with Crippen molar-refractivity contribution < 1.29 is 0 Å². The Bertz CT molecular complexity index is 416. The summed E-state index contributed by atoms with van der Waals surface area (Å²) in [5.41, 5.74) is 6.29. The second-order valence-electron chi connectivity index (χ2n) is 6.30. The van der Waals surface area contributed by atoms with Crippen molar-refractivity contribution in [3.05, 3.63) is 11.6 Å². The van der Waals surface area contributed by atoms with E-state index in [9.17, 15) is 0 Å². The molecule has 0 amide bonds. The third-order valence-corrected chi connectivity index (χ3v) is 5.04. The van der Waals surface area contributed by atoms with Crippen LogP contribution in [0.4, 0.5) is 0 Å². The summed E-state index contributed by atoms with van der Waals surface area (Å²) in [4.78, 5) is 0. The molecule has 1 aromatic rings. The molecule has 2 heterocycles. The standard InChI is InChI=1S/C15H26N4/c16-12-15(9-5-1-2-6-10-15)14-18-17-13-8-4-3-7-11-19(13)14/h1-12,16H2. The van der Waals surface area contributed by atoms with Crippen LogP contribution in [0.2, 0.25) is 0 Å². The number of hydrogen-bond donors (Lipinski definition) is 1. The summed E-state index contributed by atoms with van der Waals surface area (Å²) in [6, 6.07) is 0. The van der Waals surface area contributed by atoms with Crippen molar-refractivity contribution in [2.24, 2.45) is 5.73 Å². The van der Waals surface area contributed by atoms with Crippen LogP contribution in [0.3, 0.4) is 0 Å². The van der Waals surface area contributed by atoms with Gasteiger partial charge in [0.2, 0.25) is 0 Å². The SMILES string of the molecule is NCC1(c2nnc3n2CCCCC3)CCCCCC1. The fraction of sp³-hybridized carbons (Fsp3) is 0.867. The summed E-state index contributed by atoms with van der Waals surface area (Å²) >= 11 is 0. The maximum Gasteiger partial charge on any atom is 0.140 e. The van der Waals surface area contributed by atoms with E-state index in [1.165, 1.54) is 69.4 Å². The number of hydrogen-bond acceptors (Lipinski definition) is 3. The van der Waals surface area contributed by atoms with Crippen LogP contribution in [0.1, 0.15) is 69.4 Å². The van der Waals surface area contributed by atoms with E-state index in [0.717, 1.165) is 19.5 Å². The molecule has 1 aliphatic carbocycles. The van der Waals surface area contributed by atoms with E-state index in [4.69, 9.17) is 5.73 Å². The maximum absolute atomic E-state index is 6.19. The highest BCUT2D eigenvalue weighted by atomic mass is 15.3. The molecule has 19 heavy (non-hydrogen) atoms. The van der Waals surface area contributed by atoms with E-state index < -0.39 is 0 Å². The Morgan fingerprint density at radius 3 is 2.42 bits per heavy atom. The van der Waals surface area contributed by atoms with Crippen LogP contribution >= 0.6 is 0 Å². The average molecular weight is 262 g/mol. The van der Waals surface area contributed by atoms with Gasteiger partial charge in [-0.1, -0.05) is 32.1 Å². The molecule has 4 nitrogen and oxygen atoms in total. The Hall–Kier alpha value is -0.900. The highest BCUT2D eigenvalue weighted by Crippen LogP contribution is 2.37.